The van der Waals surface area contributed by atoms with Crippen molar-refractivity contribution in [2.24, 2.45) is 0 Å². The average molecular weight is 220 g/mol. The van der Waals surface area contributed by atoms with Gasteiger partial charge in [-0.05, 0) is 18.2 Å². The van der Waals surface area contributed by atoms with E-state index in [0.717, 1.165) is 0 Å². The molecule has 0 aliphatic rings. The smallest absolute Gasteiger partial charge is 0.146 e. The first kappa shape index (κ1) is 11.2. The highest BCUT2D eigenvalue weighted by Crippen LogP contribution is 2.19. The predicted octanol–water partition coefficient (Wildman–Crippen LogP) is 1.24. The van der Waals surface area contributed by atoms with Crippen molar-refractivity contribution in [1.29, 1.82) is 0 Å². The van der Waals surface area contributed by atoms with Crippen LogP contribution in [0.5, 0.6) is 0 Å². The second-order valence-electron chi connectivity index (χ2n) is 2.83. The molecule has 3 N–H and O–H groups in total. The molecule has 0 amide bonds. The topological polar surface area (TPSA) is 52.5 Å². The summed E-state index contributed by atoms with van der Waals surface area (Å²) in [6, 6.07) is 3.46. The molecule has 0 aromatic heterocycles. The van der Waals surface area contributed by atoms with E-state index < -0.39 is 11.9 Å². The first-order valence-electron chi connectivity index (χ1n) is 4.10. The molecular formula is C9H11ClFNO2. The molecule has 0 saturated heterocycles. The van der Waals surface area contributed by atoms with Crippen LogP contribution in [0.4, 0.5) is 10.1 Å². The lowest BCUT2D eigenvalue weighted by molar-refractivity contribution is 0.203. The van der Waals surface area contributed by atoms with E-state index in [1.54, 1.807) is 0 Å². The maximum absolute atomic E-state index is 13.1. The number of aliphatic hydroxyl groups excluding tert-OH is 2. The molecule has 14 heavy (non-hydrogen) atoms. The van der Waals surface area contributed by atoms with E-state index in [9.17, 15) is 4.39 Å². The fourth-order valence-corrected chi connectivity index (χ4v) is 1.15. The lowest BCUT2D eigenvalue weighted by Crippen LogP contribution is -2.28. The number of hydrogen-bond acceptors (Lipinski definition) is 3. The van der Waals surface area contributed by atoms with Gasteiger partial charge in [0.25, 0.3) is 0 Å². The van der Waals surface area contributed by atoms with E-state index in [4.69, 9.17) is 21.8 Å². The van der Waals surface area contributed by atoms with Gasteiger partial charge in [-0.1, -0.05) is 11.6 Å². The zero-order valence-electron chi connectivity index (χ0n) is 7.37. The van der Waals surface area contributed by atoms with Crippen LogP contribution in [0.2, 0.25) is 5.02 Å². The Balaban J connectivity index is 2.79. The van der Waals surface area contributed by atoms with Crippen molar-refractivity contribution in [1.82, 2.24) is 0 Å². The van der Waals surface area contributed by atoms with Crippen LogP contribution in [-0.2, 0) is 0 Å². The second-order valence-corrected chi connectivity index (χ2v) is 3.27. The Bertz CT molecular complexity index is 305. The van der Waals surface area contributed by atoms with Crippen molar-refractivity contribution in [3.8, 4) is 0 Å². The van der Waals surface area contributed by atoms with E-state index >= 15 is 0 Å². The lowest BCUT2D eigenvalue weighted by Gasteiger charge is -2.15. The van der Waals surface area contributed by atoms with Crippen molar-refractivity contribution < 1.29 is 14.6 Å². The van der Waals surface area contributed by atoms with Gasteiger partial charge in [0.05, 0.1) is 24.9 Å². The van der Waals surface area contributed by atoms with Crippen LogP contribution in [0.1, 0.15) is 0 Å². The van der Waals surface area contributed by atoms with Crippen molar-refractivity contribution in [3.05, 3.63) is 29.0 Å². The van der Waals surface area contributed by atoms with Crippen LogP contribution in [0.15, 0.2) is 18.2 Å². The van der Waals surface area contributed by atoms with Gasteiger partial charge >= 0.3 is 0 Å². The van der Waals surface area contributed by atoms with Crippen LogP contribution in [0, 0.1) is 5.82 Å². The monoisotopic (exact) mass is 219 g/mol. The number of hydrogen-bond donors (Lipinski definition) is 3. The Morgan fingerprint density at radius 1 is 1.36 bits per heavy atom. The predicted molar refractivity (Wildman–Crippen MR) is 53.0 cm³/mol. The van der Waals surface area contributed by atoms with Crippen LogP contribution in [0.3, 0.4) is 0 Å². The van der Waals surface area contributed by atoms with Gasteiger partial charge in [-0.2, -0.15) is 0 Å². The third-order valence-electron chi connectivity index (χ3n) is 1.73. The maximum atomic E-state index is 13.1. The van der Waals surface area contributed by atoms with Crippen molar-refractivity contribution in [2.45, 2.75) is 6.04 Å². The van der Waals surface area contributed by atoms with Crippen molar-refractivity contribution in [2.75, 3.05) is 18.5 Å². The third-order valence-corrected chi connectivity index (χ3v) is 1.96. The number of nitrogens with one attached hydrogen (secondary N) is 1. The summed E-state index contributed by atoms with van der Waals surface area (Å²) in [4.78, 5) is 0. The SMILES string of the molecule is OCC(CO)Nc1cc(Cl)ccc1F. The van der Waals surface area contributed by atoms with Gasteiger partial charge in [-0.15, -0.1) is 0 Å². The minimum Gasteiger partial charge on any atom is -0.394 e. The molecule has 3 nitrogen and oxygen atoms in total. The molecule has 1 aromatic carbocycles. The summed E-state index contributed by atoms with van der Waals surface area (Å²) in [6.07, 6.45) is 0. The van der Waals surface area contributed by atoms with Gasteiger partial charge in [0.15, 0.2) is 0 Å². The van der Waals surface area contributed by atoms with Gasteiger partial charge in [0, 0.05) is 5.02 Å². The van der Waals surface area contributed by atoms with E-state index in [0.29, 0.717) is 5.02 Å². The number of anilines is 1. The molecule has 0 atom stereocenters. The van der Waals surface area contributed by atoms with Crippen LogP contribution >= 0.6 is 11.6 Å². The fourth-order valence-electron chi connectivity index (χ4n) is 0.977. The van der Waals surface area contributed by atoms with Crippen LogP contribution in [-0.4, -0.2) is 29.5 Å². The third kappa shape index (κ3) is 2.83. The average Bonchev–Trinajstić information content (AvgIpc) is 2.19. The van der Waals surface area contributed by atoms with Gasteiger partial charge in [0.2, 0.25) is 0 Å². The highest BCUT2D eigenvalue weighted by Gasteiger charge is 2.08. The van der Waals surface area contributed by atoms with Crippen LogP contribution in [0.25, 0.3) is 0 Å². The van der Waals surface area contributed by atoms with Crippen molar-refractivity contribution in [3.63, 3.8) is 0 Å². The highest BCUT2D eigenvalue weighted by molar-refractivity contribution is 6.30. The molecule has 0 aliphatic heterocycles. The van der Waals surface area contributed by atoms with Crippen LogP contribution < -0.4 is 5.32 Å². The van der Waals surface area contributed by atoms with E-state index in [1.807, 2.05) is 0 Å². The molecule has 0 radical (unpaired) electrons. The fraction of sp³-hybridized carbons (Fsp3) is 0.333. The number of aliphatic hydroxyl groups is 2. The number of rotatable bonds is 4. The maximum Gasteiger partial charge on any atom is 0.146 e. The second kappa shape index (κ2) is 5.14. The summed E-state index contributed by atoms with van der Waals surface area (Å²) in [5, 5.41) is 20.6. The molecule has 0 fully saturated rings. The zero-order chi connectivity index (χ0) is 10.6. The lowest BCUT2D eigenvalue weighted by atomic mass is 10.2. The molecule has 0 unspecified atom stereocenters. The van der Waals surface area contributed by atoms with E-state index in [-0.39, 0.29) is 18.9 Å². The summed E-state index contributed by atoms with van der Waals surface area (Å²) in [7, 11) is 0. The number of halogens is 2. The molecule has 5 heteroatoms. The minimum absolute atomic E-state index is 0.172. The largest absolute Gasteiger partial charge is 0.394 e. The molecule has 1 aromatic rings. The first-order chi connectivity index (χ1) is 6.67. The molecule has 0 spiro atoms. The minimum atomic E-state index is -0.581. The normalized spacial score (nSPS) is 10.6. The quantitative estimate of drug-likeness (QED) is 0.714. The molecule has 1 rings (SSSR count). The molecule has 78 valence electrons. The zero-order valence-corrected chi connectivity index (χ0v) is 8.13. The Kier molecular flexibility index (Phi) is 4.13. The van der Waals surface area contributed by atoms with E-state index in [2.05, 4.69) is 5.32 Å². The Labute approximate surface area is 86.1 Å². The molecular weight excluding hydrogens is 209 g/mol. The Morgan fingerprint density at radius 3 is 2.57 bits per heavy atom. The molecule has 0 bridgehead atoms. The number of benzene rings is 1. The molecule has 0 heterocycles. The standard InChI is InChI=1S/C9H11ClFNO2/c10-6-1-2-8(11)9(3-6)12-7(4-13)5-14/h1-3,7,12-14H,4-5H2. The summed E-state index contributed by atoms with van der Waals surface area (Å²) >= 11 is 5.65. The Hall–Kier alpha value is -0.840. The molecule has 0 saturated carbocycles. The van der Waals surface area contributed by atoms with Gasteiger partial charge in [-0.25, -0.2) is 4.39 Å². The Morgan fingerprint density at radius 2 is 2.00 bits per heavy atom. The summed E-state index contributed by atoms with van der Waals surface area (Å²) in [6.45, 7) is -0.551. The summed E-state index contributed by atoms with van der Waals surface area (Å²) in [5.74, 6) is -0.471. The summed E-state index contributed by atoms with van der Waals surface area (Å²) < 4.78 is 13.1. The van der Waals surface area contributed by atoms with E-state index in [1.165, 1.54) is 18.2 Å². The summed E-state index contributed by atoms with van der Waals surface area (Å²) in [5.41, 5.74) is 0.172. The van der Waals surface area contributed by atoms with Gasteiger partial charge < -0.3 is 15.5 Å². The highest BCUT2D eigenvalue weighted by atomic mass is 35.5. The van der Waals surface area contributed by atoms with Crippen molar-refractivity contribution >= 4 is 17.3 Å². The first-order valence-corrected chi connectivity index (χ1v) is 4.48. The van der Waals surface area contributed by atoms with Gasteiger partial charge in [-0.3, -0.25) is 0 Å². The molecule has 0 aliphatic carbocycles. The van der Waals surface area contributed by atoms with Gasteiger partial charge in [0.1, 0.15) is 5.82 Å².